The predicted octanol–water partition coefficient (Wildman–Crippen LogP) is 2.48. The molecule has 1 aliphatic rings. The van der Waals surface area contributed by atoms with Gasteiger partial charge in [0.2, 0.25) is 0 Å². The average Bonchev–Trinajstić information content (AvgIpc) is 2.73. The zero-order chi connectivity index (χ0) is 19.9. The molecule has 152 valence electrons. The van der Waals surface area contributed by atoms with E-state index in [-0.39, 0.29) is 5.82 Å². The first-order valence-electron chi connectivity index (χ1n) is 10.3. The van der Waals surface area contributed by atoms with Gasteiger partial charge < -0.3 is 19.6 Å². The number of benzene rings is 2. The number of anilines is 1. The average molecular weight is 388 g/mol. The summed E-state index contributed by atoms with van der Waals surface area (Å²) in [5.41, 5.74) is 2.27. The Bertz CT molecular complexity index is 730. The fourth-order valence-corrected chi connectivity index (χ4v) is 3.75. The molecule has 5 heteroatoms. The smallest absolute Gasteiger partial charge is 0.137 e. The molecule has 0 unspecified atom stereocenters. The van der Waals surface area contributed by atoms with E-state index in [0.717, 1.165) is 44.0 Å². The Kier molecular flexibility index (Phi) is 7.29. The molecular weight excluding hydrogens is 355 g/mol. The minimum absolute atomic E-state index is 0.203. The third kappa shape index (κ3) is 5.46. The maximum Gasteiger partial charge on any atom is 0.137 e. The van der Waals surface area contributed by atoms with Gasteiger partial charge in [-0.25, -0.2) is 4.39 Å². The summed E-state index contributed by atoms with van der Waals surface area (Å²) < 4.78 is 19.0. The van der Waals surface area contributed by atoms with Gasteiger partial charge in [0.1, 0.15) is 30.8 Å². The van der Waals surface area contributed by atoms with Gasteiger partial charge in [-0.15, -0.1) is 0 Å². The third-order valence-corrected chi connectivity index (χ3v) is 5.68. The Labute approximate surface area is 167 Å². The van der Waals surface area contributed by atoms with Crippen molar-refractivity contribution in [1.82, 2.24) is 0 Å². The van der Waals surface area contributed by atoms with E-state index in [0.29, 0.717) is 19.1 Å². The molecule has 1 heterocycles. The van der Waals surface area contributed by atoms with E-state index in [1.54, 1.807) is 0 Å². The van der Waals surface area contributed by atoms with Crippen LogP contribution in [0.3, 0.4) is 0 Å². The molecule has 0 radical (unpaired) electrons. The number of aliphatic hydroxyl groups excluding tert-OH is 1. The second-order valence-corrected chi connectivity index (χ2v) is 7.73. The number of aliphatic hydroxyl groups is 1. The van der Waals surface area contributed by atoms with Crippen molar-refractivity contribution in [3.05, 3.63) is 59.9 Å². The van der Waals surface area contributed by atoms with Crippen molar-refractivity contribution in [2.75, 3.05) is 44.2 Å². The van der Waals surface area contributed by atoms with Gasteiger partial charge >= 0.3 is 0 Å². The number of rotatable bonds is 8. The van der Waals surface area contributed by atoms with Gasteiger partial charge in [0.05, 0.1) is 26.2 Å². The Balaban J connectivity index is 1.45. The normalized spacial score (nSPS) is 17.4. The summed E-state index contributed by atoms with van der Waals surface area (Å²) in [5, 5.41) is 10.5. The lowest BCUT2D eigenvalue weighted by atomic mass is 9.98. The molecule has 2 aromatic carbocycles. The molecule has 0 aliphatic carbocycles. The van der Waals surface area contributed by atoms with E-state index in [4.69, 9.17) is 4.74 Å². The van der Waals surface area contributed by atoms with Crippen LogP contribution in [0.25, 0.3) is 0 Å². The van der Waals surface area contributed by atoms with E-state index in [2.05, 4.69) is 24.8 Å². The lowest BCUT2D eigenvalue weighted by Crippen LogP contribution is -3.16. The summed E-state index contributed by atoms with van der Waals surface area (Å²) in [6.07, 6.45) is 0.572. The number of piperazine rings is 1. The highest BCUT2D eigenvalue weighted by atomic mass is 19.1. The number of halogens is 1. The highest BCUT2D eigenvalue weighted by molar-refractivity contribution is 5.46. The zero-order valence-electron chi connectivity index (χ0n) is 16.9. The van der Waals surface area contributed by atoms with Crippen LogP contribution >= 0.6 is 0 Å². The molecule has 4 nitrogen and oxygen atoms in total. The molecule has 1 saturated heterocycles. The third-order valence-electron chi connectivity index (χ3n) is 5.68. The van der Waals surface area contributed by atoms with E-state index in [1.165, 1.54) is 22.6 Å². The van der Waals surface area contributed by atoms with Crippen LogP contribution in [0.4, 0.5) is 10.1 Å². The molecule has 2 atom stereocenters. The molecule has 0 amide bonds. The van der Waals surface area contributed by atoms with Gasteiger partial charge in [-0.3, -0.25) is 0 Å². The van der Waals surface area contributed by atoms with Crippen LogP contribution in [0.2, 0.25) is 0 Å². The Hall–Kier alpha value is -2.11. The number of ether oxygens (including phenoxy) is 1. The summed E-state index contributed by atoms with van der Waals surface area (Å²) in [7, 11) is 0. The molecule has 0 bridgehead atoms. The highest BCUT2D eigenvalue weighted by Crippen LogP contribution is 2.28. The second-order valence-electron chi connectivity index (χ2n) is 7.73. The molecule has 3 rings (SSSR count). The molecule has 0 aromatic heterocycles. The van der Waals surface area contributed by atoms with Crippen molar-refractivity contribution in [2.45, 2.75) is 32.3 Å². The minimum atomic E-state index is -0.489. The number of nitrogens with one attached hydrogen (secondary N) is 1. The Morgan fingerprint density at radius 3 is 2.46 bits per heavy atom. The summed E-state index contributed by atoms with van der Waals surface area (Å²) >= 11 is 0. The standard InChI is InChI=1S/C23H31FN2O2/c1-3-18(2)22-6-4-5-7-23(22)28-17-21(27)16-25-12-14-26(15-13-25)20-10-8-19(24)9-11-20/h4-11,18,21,27H,3,12-17H2,1-2H3/p+1/t18-,21+/m1/s1. The summed E-state index contributed by atoms with van der Waals surface area (Å²) in [6, 6.07) is 14.8. The van der Waals surface area contributed by atoms with Crippen molar-refractivity contribution in [2.24, 2.45) is 0 Å². The fraction of sp³-hybridized carbons (Fsp3) is 0.478. The molecule has 1 aliphatic heterocycles. The number of hydrogen-bond acceptors (Lipinski definition) is 3. The maximum absolute atomic E-state index is 13.1. The zero-order valence-corrected chi connectivity index (χ0v) is 16.9. The van der Waals surface area contributed by atoms with Gasteiger partial charge in [0, 0.05) is 5.69 Å². The first kappa shape index (κ1) is 20.6. The monoisotopic (exact) mass is 387 g/mol. The highest BCUT2D eigenvalue weighted by Gasteiger charge is 2.23. The van der Waals surface area contributed by atoms with Crippen LogP contribution in [0.15, 0.2) is 48.5 Å². The molecule has 0 spiro atoms. The Morgan fingerprint density at radius 2 is 1.79 bits per heavy atom. The van der Waals surface area contributed by atoms with Gasteiger partial charge in [0.15, 0.2) is 0 Å². The molecule has 2 N–H and O–H groups in total. The molecular formula is C23H32FN2O2+. The Morgan fingerprint density at radius 1 is 1.11 bits per heavy atom. The van der Waals surface area contributed by atoms with Crippen LogP contribution in [0.5, 0.6) is 5.75 Å². The van der Waals surface area contributed by atoms with E-state index in [1.807, 2.05) is 30.3 Å². The van der Waals surface area contributed by atoms with Crippen molar-refractivity contribution < 1.29 is 19.1 Å². The number of quaternary nitrogens is 1. The van der Waals surface area contributed by atoms with E-state index < -0.39 is 6.10 Å². The fourth-order valence-electron chi connectivity index (χ4n) is 3.75. The van der Waals surface area contributed by atoms with Crippen LogP contribution in [-0.2, 0) is 0 Å². The quantitative estimate of drug-likeness (QED) is 0.731. The second kappa shape index (κ2) is 9.89. The van der Waals surface area contributed by atoms with E-state index >= 15 is 0 Å². The first-order valence-corrected chi connectivity index (χ1v) is 10.3. The number of hydrogen-bond donors (Lipinski definition) is 2. The van der Waals surface area contributed by atoms with Gasteiger partial charge in [-0.05, 0) is 48.2 Å². The lowest BCUT2D eigenvalue weighted by Gasteiger charge is -2.34. The topological polar surface area (TPSA) is 37.1 Å². The predicted molar refractivity (Wildman–Crippen MR) is 111 cm³/mol. The number of nitrogens with zero attached hydrogens (tertiary/aromatic N) is 1. The van der Waals surface area contributed by atoms with Crippen molar-refractivity contribution in [3.63, 3.8) is 0 Å². The molecule has 1 fully saturated rings. The summed E-state index contributed by atoms with van der Waals surface area (Å²) in [4.78, 5) is 3.65. The van der Waals surface area contributed by atoms with Gasteiger partial charge in [-0.1, -0.05) is 32.0 Å². The van der Waals surface area contributed by atoms with Crippen molar-refractivity contribution >= 4 is 5.69 Å². The largest absolute Gasteiger partial charge is 0.490 e. The number of para-hydroxylation sites is 1. The SMILES string of the molecule is CC[C@@H](C)c1ccccc1OC[C@@H](O)C[NH+]1CCN(c2ccc(F)cc2)CC1. The maximum atomic E-state index is 13.1. The van der Waals surface area contributed by atoms with E-state index in [9.17, 15) is 9.50 Å². The van der Waals surface area contributed by atoms with Crippen LogP contribution in [0.1, 0.15) is 31.7 Å². The van der Waals surface area contributed by atoms with Crippen molar-refractivity contribution in [3.8, 4) is 5.75 Å². The van der Waals surface area contributed by atoms with Crippen LogP contribution in [-0.4, -0.2) is 50.5 Å². The lowest BCUT2D eigenvalue weighted by molar-refractivity contribution is -0.903. The summed E-state index contributed by atoms with van der Waals surface area (Å²) in [5.74, 6) is 1.12. The molecule has 0 saturated carbocycles. The molecule has 28 heavy (non-hydrogen) atoms. The first-order chi connectivity index (χ1) is 13.6. The van der Waals surface area contributed by atoms with Gasteiger partial charge in [0.25, 0.3) is 0 Å². The summed E-state index contributed by atoms with van der Waals surface area (Å²) in [6.45, 7) is 9.10. The van der Waals surface area contributed by atoms with Gasteiger partial charge in [-0.2, -0.15) is 0 Å². The molecule has 2 aromatic rings. The van der Waals surface area contributed by atoms with Crippen LogP contribution in [0, 0.1) is 5.82 Å². The minimum Gasteiger partial charge on any atom is -0.490 e. The van der Waals surface area contributed by atoms with Crippen molar-refractivity contribution in [1.29, 1.82) is 0 Å². The van der Waals surface area contributed by atoms with Crippen LogP contribution < -0.4 is 14.5 Å².